The van der Waals surface area contributed by atoms with Crippen molar-refractivity contribution in [3.63, 3.8) is 0 Å². The Morgan fingerprint density at radius 2 is 2.16 bits per heavy atom. The number of ether oxygens (including phenoxy) is 1. The highest BCUT2D eigenvalue weighted by Gasteiger charge is 2.43. The Labute approximate surface area is 178 Å². The zero-order chi connectivity index (χ0) is 21.8. The van der Waals surface area contributed by atoms with Crippen LogP contribution in [0.1, 0.15) is 29.0 Å². The molecule has 1 fully saturated rings. The quantitative estimate of drug-likeness (QED) is 0.343. The van der Waals surface area contributed by atoms with Crippen LogP contribution in [0.4, 0.5) is 5.69 Å². The van der Waals surface area contributed by atoms with E-state index in [2.05, 4.69) is 15.6 Å². The predicted molar refractivity (Wildman–Crippen MR) is 114 cm³/mol. The Morgan fingerprint density at radius 3 is 2.87 bits per heavy atom. The number of carbonyl (C=O) groups excluding carboxylic acids is 1. The van der Waals surface area contributed by atoms with E-state index in [1.165, 1.54) is 22.6 Å². The van der Waals surface area contributed by atoms with Crippen LogP contribution in [0.2, 0.25) is 0 Å². The molecule has 1 saturated carbocycles. The molecule has 1 aliphatic carbocycles. The summed E-state index contributed by atoms with van der Waals surface area (Å²) in [5.74, 6) is 0.731. The third-order valence-electron chi connectivity index (χ3n) is 5.21. The first kappa shape index (κ1) is 20.3. The van der Waals surface area contributed by atoms with Crippen molar-refractivity contribution < 1.29 is 14.5 Å². The lowest BCUT2D eigenvalue weighted by molar-refractivity contribution is -0.385. The van der Waals surface area contributed by atoms with Crippen LogP contribution < -0.4 is 10.2 Å². The van der Waals surface area contributed by atoms with Crippen molar-refractivity contribution in [3.05, 3.63) is 87.7 Å². The van der Waals surface area contributed by atoms with Gasteiger partial charge in [0, 0.05) is 11.5 Å². The van der Waals surface area contributed by atoms with E-state index in [1.807, 2.05) is 42.5 Å². The fourth-order valence-corrected chi connectivity index (χ4v) is 3.52. The molecule has 1 amide bonds. The van der Waals surface area contributed by atoms with Gasteiger partial charge in [0.15, 0.2) is 0 Å². The number of rotatable bonds is 8. The van der Waals surface area contributed by atoms with Gasteiger partial charge in [-0.25, -0.2) is 5.43 Å². The molecule has 0 bridgehead atoms. The van der Waals surface area contributed by atoms with Gasteiger partial charge in [-0.15, -0.1) is 0 Å². The molecule has 2 aromatic carbocycles. The molecule has 0 aliphatic heterocycles. The highest BCUT2D eigenvalue weighted by Crippen LogP contribution is 2.47. The summed E-state index contributed by atoms with van der Waals surface area (Å²) >= 11 is 0. The van der Waals surface area contributed by atoms with Gasteiger partial charge in [0.05, 0.1) is 24.8 Å². The van der Waals surface area contributed by atoms with Crippen molar-refractivity contribution in [3.8, 4) is 5.75 Å². The van der Waals surface area contributed by atoms with Gasteiger partial charge in [0.25, 0.3) is 0 Å². The molecule has 1 aromatic heterocycles. The molecule has 0 spiro atoms. The smallest absolute Gasteiger partial charge is 0.307 e. The standard InChI is InChI=1S/C22H21N5O4/c1-31-21-8-7-15(9-17(21)13-26-14-18(12-24-26)27(29)30)11-23-25-22(28)20-10-19(20)16-5-3-2-4-6-16/h2-9,11-12,14,19-20H,10,13H2,1H3,(H,25,28)/t19-,20-/m0/s1. The first-order chi connectivity index (χ1) is 15.0. The zero-order valence-electron chi connectivity index (χ0n) is 16.8. The predicted octanol–water partition coefficient (Wildman–Crippen LogP) is 3.10. The molecule has 2 atom stereocenters. The average molecular weight is 419 g/mol. The van der Waals surface area contributed by atoms with Crippen LogP contribution in [0.25, 0.3) is 0 Å². The minimum absolute atomic E-state index is 0.0541. The topological polar surface area (TPSA) is 112 Å². The first-order valence-corrected chi connectivity index (χ1v) is 9.77. The number of hydrazone groups is 1. The van der Waals surface area contributed by atoms with Gasteiger partial charge < -0.3 is 4.74 Å². The van der Waals surface area contributed by atoms with Crippen LogP contribution in [0.15, 0.2) is 66.0 Å². The Hall–Kier alpha value is -4.01. The molecule has 1 aliphatic rings. The van der Waals surface area contributed by atoms with Crippen molar-refractivity contribution in [1.82, 2.24) is 15.2 Å². The number of methoxy groups -OCH3 is 1. The largest absolute Gasteiger partial charge is 0.496 e. The second-order valence-electron chi connectivity index (χ2n) is 7.32. The molecule has 1 N–H and O–H groups in total. The maximum Gasteiger partial charge on any atom is 0.307 e. The second kappa shape index (κ2) is 8.78. The molecule has 9 nitrogen and oxygen atoms in total. The van der Waals surface area contributed by atoms with Crippen molar-refractivity contribution in [1.29, 1.82) is 0 Å². The van der Waals surface area contributed by atoms with Crippen molar-refractivity contribution in [2.45, 2.75) is 18.9 Å². The number of nitro groups is 1. The summed E-state index contributed by atoms with van der Waals surface area (Å²) in [4.78, 5) is 22.7. The van der Waals surface area contributed by atoms with Gasteiger partial charge >= 0.3 is 5.69 Å². The maximum absolute atomic E-state index is 12.3. The van der Waals surface area contributed by atoms with Crippen LogP contribution >= 0.6 is 0 Å². The lowest BCUT2D eigenvalue weighted by Crippen LogP contribution is -2.20. The zero-order valence-corrected chi connectivity index (χ0v) is 16.8. The van der Waals surface area contributed by atoms with Crippen molar-refractivity contribution in [2.24, 2.45) is 11.0 Å². The summed E-state index contributed by atoms with van der Waals surface area (Å²) in [6.07, 6.45) is 4.95. The second-order valence-corrected chi connectivity index (χ2v) is 7.32. The van der Waals surface area contributed by atoms with E-state index in [0.717, 1.165) is 17.5 Å². The lowest BCUT2D eigenvalue weighted by Gasteiger charge is -2.09. The first-order valence-electron chi connectivity index (χ1n) is 9.77. The van der Waals surface area contributed by atoms with Crippen LogP contribution in [0, 0.1) is 16.0 Å². The van der Waals surface area contributed by atoms with E-state index >= 15 is 0 Å². The van der Waals surface area contributed by atoms with E-state index < -0.39 is 4.92 Å². The molecular weight excluding hydrogens is 398 g/mol. The molecule has 0 unspecified atom stereocenters. The molecule has 9 heteroatoms. The third-order valence-corrected chi connectivity index (χ3v) is 5.21. The Morgan fingerprint density at radius 1 is 1.35 bits per heavy atom. The average Bonchev–Trinajstić information content (AvgIpc) is 3.45. The molecule has 158 valence electrons. The third kappa shape index (κ3) is 4.77. The molecule has 4 rings (SSSR count). The number of carbonyl (C=O) groups is 1. The highest BCUT2D eigenvalue weighted by atomic mass is 16.6. The van der Waals surface area contributed by atoms with Crippen molar-refractivity contribution in [2.75, 3.05) is 7.11 Å². The Balaban J connectivity index is 1.39. The number of hydrogen-bond donors (Lipinski definition) is 1. The van der Waals surface area contributed by atoms with E-state index in [1.54, 1.807) is 19.4 Å². The molecule has 1 heterocycles. The van der Waals surface area contributed by atoms with Gasteiger partial charge in [-0.3, -0.25) is 19.6 Å². The normalized spacial score (nSPS) is 17.5. The fraction of sp³-hybridized carbons (Fsp3) is 0.227. The molecular formula is C22H21N5O4. The van der Waals surface area contributed by atoms with Crippen molar-refractivity contribution >= 4 is 17.8 Å². The van der Waals surface area contributed by atoms with E-state index in [0.29, 0.717) is 12.3 Å². The van der Waals surface area contributed by atoms with E-state index in [4.69, 9.17) is 4.74 Å². The summed E-state index contributed by atoms with van der Waals surface area (Å²) in [7, 11) is 1.55. The summed E-state index contributed by atoms with van der Waals surface area (Å²) in [6, 6.07) is 15.4. The van der Waals surface area contributed by atoms with Gasteiger partial charge in [-0.05, 0) is 41.7 Å². The van der Waals surface area contributed by atoms with Gasteiger partial charge in [0.2, 0.25) is 5.91 Å². The Kier molecular flexibility index (Phi) is 5.74. The SMILES string of the molecule is COc1ccc(C=NNC(=O)[C@H]2C[C@H]2c2ccccc2)cc1Cn1cc([N+](=O)[O-])cn1. The number of amides is 1. The number of aromatic nitrogens is 2. The molecule has 0 radical (unpaired) electrons. The molecule has 31 heavy (non-hydrogen) atoms. The van der Waals surface area contributed by atoms with Crippen LogP contribution in [0.5, 0.6) is 5.75 Å². The monoisotopic (exact) mass is 419 g/mol. The number of hydrogen-bond acceptors (Lipinski definition) is 6. The van der Waals surface area contributed by atoms with Crippen LogP contribution in [0.3, 0.4) is 0 Å². The summed E-state index contributed by atoms with van der Waals surface area (Å²) in [5, 5.41) is 18.9. The van der Waals surface area contributed by atoms with Gasteiger partial charge in [0.1, 0.15) is 18.1 Å². The fourth-order valence-electron chi connectivity index (χ4n) is 3.52. The minimum Gasteiger partial charge on any atom is -0.496 e. The van der Waals surface area contributed by atoms with Crippen LogP contribution in [-0.2, 0) is 11.3 Å². The minimum atomic E-state index is -0.491. The number of nitrogens with one attached hydrogen (secondary N) is 1. The number of nitrogens with zero attached hydrogens (tertiary/aromatic N) is 4. The molecule has 3 aromatic rings. The summed E-state index contributed by atoms with van der Waals surface area (Å²) in [5.41, 5.74) is 5.25. The van der Waals surface area contributed by atoms with Crippen LogP contribution in [-0.4, -0.2) is 33.9 Å². The van der Waals surface area contributed by atoms with E-state index in [-0.39, 0.29) is 23.4 Å². The van der Waals surface area contributed by atoms with Gasteiger partial charge in [-0.2, -0.15) is 10.2 Å². The summed E-state index contributed by atoms with van der Waals surface area (Å²) < 4.78 is 6.84. The molecule has 0 saturated heterocycles. The van der Waals surface area contributed by atoms with E-state index in [9.17, 15) is 14.9 Å². The Bertz CT molecular complexity index is 1130. The highest BCUT2D eigenvalue weighted by molar-refractivity contribution is 5.85. The van der Waals surface area contributed by atoms with Gasteiger partial charge in [-0.1, -0.05) is 30.3 Å². The lowest BCUT2D eigenvalue weighted by atomic mass is 10.1. The maximum atomic E-state index is 12.3. The summed E-state index contributed by atoms with van der Waals surface area (Å²) in [6.45, 7) is 0.298. The number of benzene rings is 2.